The average molecular weight is 226 g/mol. The molecule has 0 amide bonds. The van der Waals surface area contributed by atoms with E-state index in [4.69, 9.17) is 41.2 Å². The predicted octanol–water partition coefficient (Wildman–Crippen LogP) is 3.94. The minimum Gasteiger partial charge on any atom is -0.119 e. The molecule has 0 radical (unpaired) electrons. The Morgan fingerprint density at radius 1 is 1.08 bits per heavy atom. The van der Waals surface area contributed by atoms with Crippen molar-refractivity contribution in [1.29, 1.82) is 0 Å². The maximum atomic E-state index is 5.86. The molecule has 1 saturated carbocycles. The van der Waals surface area contributed by atoms with Gasteiger partial charge in [-0.3, -0.25) is 0 Å². The molecule has 0 saturated heterocycles. The lowest BCUT2D eigenvalue weighted by molar-refractivity contribution is 0.276. The lowest BCUT2D eigenvalue weighted by atomic mass is 9.76. The zero-order chi connectivity index (χ0) is 9.24. The second-order valence-electron chi connectivity index (χ2n) is 3.28. The molecule has 0 aromatic rings. The third-order valence-corrected chi connectivity index (χ3v) is 3.61. The SMILES string of the molecule is C#CC1(C(Cl)(Cl)Cl)CCCCC1. The van der Waals surface area contributed by atoms with Gasteiger partial charge < -0.3 is 0 Å². The van der Waals surface area contributed by atoms with Crippen molar-refractivity contribution in [3.8, 4) is 12.3 Å². The van der Waals surface area contributed by atoms with Crippen LogP contribution in [0.2, 0.25) is 0 Å². The Balaban J connectivity index is 2.83. The van der Waals surface area contributed by atoms with Gasteiger partial charge in [0.1, 0.15) is 0 Å². The number of hydrogen-bond donors (Lipinski definition) is 0. The highest BCUT2D eigenvalue weighted by Gasteiger charge is 2.47. The molecule has 1 fully saturated rings. The molecule has 1 aliphatic rings. The quantitative estimate of drug-likeness (QED) is 0.433. The molecule has 3 heteroatoms. The topological polar surface area (TPSA) is 0 Å². The Labute approximate surface area is 88.6 Å². The van der Waals surface area contributed by atoms with Gasteiger partial charge in [-0.2, -0.15) is 0 Å². The van der Waals surface area contributed by atoms with Crippen LogP contribution in [0, 0.1) is 17.8 Å². The molecule has 12 heavy (non-hydrogen) atoms. The summed E-state index contributed by atoms with van der Waals surface area (Å²) in [4.78, 5) is 0. The zero-order valence-corrected chi connectivity index (χ0v) is 9.01. The summed E-state index contributed by atoms with van der Waals surface area (Å²) in [5.41, 5.74) is -0.518. The first-order valence-electron chi connectivity index (χ1n) is 4.06. The van der Waals surface area contributed by atoms with Crippen LogP contribution in [0.5, 0.6) is 0 Å². The van der Waals surface area contributed by atoms with Crippen LogP contribution >= 0.6 is 34.8 Å². The van der Waals surface area contributed by atoms with Gasteiger partial charge in [-0.05, 0) is 12.8 Å². The lowest BCUT2D eigenvalue weighted by Gasteiger charge is -2.38. The van der Waals surface area contributed by atoms with Crippen LogP contribution < -0.4 is 0 Å². The predicted molar refractivity (Wildman–Crippen MR) is 54.6 cm³/mol. The number of hydrogen-bond acceptors (Lipinski definition) is 0. The van der Waals surface area contributed by atoms with Gasteiger partial charge in [0, 0.05) is 0 Å². The summed E-state index contributed by atoms with van der Waals surface area (Å²) >= 11 is 17.6. The van der Waals surface area contributed by atoms with Gasteiger partial charge in [-0.15, -0.1) is 6.42 Å². The van der Waals surface area contributed by atoms with E-state index >= 15 is 0 Å². The number of halogens is 3. The van der Waals surface area contributed by atoms with E-state index in [9.17, 15) is 0 Å². The molecular formula is C9H11Cl3. The van der Waals surface area contributed by atoms with Crippen molar-refractivity contribution in [2.75, 3.05) is 0 Å². The largest absolute Gasteiger partial charge is 0.206 e. The van der Waals surface area contributed by atoms with E-state index in [2.05, 4.69) is 5.92 Å². The highest BCUT2D eigenvalue weighted by atomic mass is 35.6. The Bertz CT molecular complexity index is 191. The van der Waals surface area contributed by atoms with Gasteiger partial charge >= 0.3 is 0 Å². The van der Waals surface area contributed by atoms with Gasteiger partial charge in [-0.25, -0.2) is 0 Å². The monoisotopic (exact) mass is 224 g/mol. The van der Waals surface area contributed by atoms with Crippen LogP contribution in [-0.4, -0.2) is 3.79 Å². The van der Waals surface area contributed by atoms with Gasteiger partial charge in [0.25, 0.3) is 0 Å². The maximum Gasteiger partial charge on any atom is 0.206 e. The average Bonchev–Trinajstić information content (AvgIpc) is 2.04. The summed E-state index contributed by atoms with van der Waals surface area (Å²) in [5.74, 6) is 2.66. The third kappa shape index (κ3) is 1.84. The van der Waals surface area contributed by atoms with Crippen LogP contribution in [0.25, 0.3) is 0 Å². The molecular weight excluding hydrogens is 214 g/mol. The van der Waals surface area contributed by atoms with E-state index < -0.39 is 9.21 Å². The minimum absolute atomic E-state index is 0.518. The smallest absolute Gasteiger partial charge is 0.119 e. The second kappa shape index (κ2) is 3.66. The highest BCUT2D eigenvalue weighted by Crippen LogP contribution is 2.52. The molecule has 0 nitrogen and oxygen atoms in total. The summed E-state index contributed by atoms with van der Waals surface area (Å²) in [5, 5.41) is 0. The van der Waals surface area contributed by atoms with Crippen molar-refractivity contribution < 1.29 is 0 Å². The highest BCUT2D eigenvalue weighted by molar-refractivity contribution is 6.68. The third-order valence-electron chi connectivity index (χ3n) is 2.53. The summed E-state index contributed by atoms with van der Waals surface area (Å²) in [6.07, 6.45) is 10.4. The van der Waals surface area contributed by atoms with Gasteiger partial charge in [0.05, 0.1) is 5.41 Å². The number of alkyl halides is 3. The van der Waals surface area contributed by atoms with Gasteiger partial charge in [-0.1, -0.05) is 60.0 Å². The summed E-state index contributed by atoms with van der Waals surface area (Å²) in [7, 11) is 0. The van der Waals surface area contributed by atoms with Gasteiger partial charge in [0.2, 0.25) is 3.79 Å². The molecule has 0 heterocycles. The first kappa shape index (κ1) is 10.5. The van der Waals surface area contributed by atoms with E-state index in [0.717, 1.165) is 25.7 Å². The molecule has 0 bridgehead atoms. The van der Waals surface area contributed by atoms with E-state index in [1.165, 1.54) is 6.42 Å². The zero-order valence-electron chi connectivity index (χ0n) is 6.75. The Hall–Kier alpha value is 0.430. The molecule has 68 valence electrons. The second-order valence-corrected chi connectivity index (χ2v) is 5.57. The fourth-order valence-electron chi connectivity index (χ4n) is 1.66. The molecule has 0 aromatic carbocycles. The molecule has 0 N–H and O–H groups in total. The number of rotatable bonds is 0. The first-order valence-corrected chi connectivity index (χ1v) is 5.20. The molecule has 0 aliphatic heterocycles. The molecule has 1 aliphatic carbocycles. The minimum atomic E-state index is -1.30. The Morgan fingerprint density at radius 2 is 1.58 bits per heavy atom. The normalized spacial score (nSPS) is 23.2. The van der Waals surface area contributed by atoms with Crippen molar-refractivity contribution in [2.45, 2.75) is 35.9 Å². The molecule has 0 aromatic heterocycles. The van der Waals surface area contributed by atoms with Gasteiger partial charge in [0.15, 0.2) is 0 Å². The fraction of sp³-hybridized carbons (Fsp3) is 0.778. The van der Waals surface area contributed by atoms with E-state index in [-0.39, 0.29) is 0 Å². The summed E-state index contributed by atoms with van der Waals surface area (Å²) in [6.45, 7) is 0. The van der Waals surface area contributed by atoms with Crippen LogP contribution in [-0.2, 0) is 0 Å². The molecule has 0 atom stereocenters. The summed E-state index contributed by atoms with van der Waals surface area (Å²) < 4.78 is -1.30. The van der Waals surface area contributed by atoms with Crippen LogP contribution in [0.1, 0.15) is 32.1 Å². The van der Waals surface area contributed by atoms with Crippen LogP contribution in [0.4, 0.5) is 0 Å². The Kier molecular flexibility index (Phi) is 3.21. The van der Waals surface area contributed by atoms with E-state index in [1.54, 1.807) is 0 Å². The van der Waals surface area contributed by atoms with Crippen molar-refractivity contribution >= 4 is 34.8 Å². The van der Waals surface area contributed by atoms with Crippen molar-refractivity contribution in [3.63, 3.8) is 0 Å². The standard InChI is InChI=1S/C9H11Cl3/c1-2-8(9(10,11)12)6-4-3-5-7-8/h1H,3-7H2. The molecule has 1 rings (SSSR count). The summed E-state index contributed by atoms with van der Waals surface area (Å²) in [6, 6.07) is 0. The fourth-order valence-corrected chi connectivity index (χ4v) is 2.40. The Morgan fingerprint density at radius 3 is 1.83 bits per heavy atom. The van der Waals surface area contributed by atoms with Crippen molar-refractivity contribution in [1.82, 2.24) is 0 Å². The first-order chi connectivity index (χ1) is 5.52. The van der Waals surface area contributed by atoms with Crippen molar-refractivity contribution in [2.24, 2.45) is 5.41 Å². The molecule has 0 unspecified atom stereocenters. The van der Waals surface area contributed by atoms with Crippen LogP contribution in [0.3, 0.4) is 0 Å². The molecule has 0 spiro atoms. The van der Waals surface area contributed by atoms with Crippen molar-refractivity contribution in [3.05, 3.63) is 0 Å². The number of terminal acetylenes is 1. The van der Waals surface area contributed by atoms with E-state index in [0.29, 0.717) is 0 Å². The lowest BCUT2D eigenvalue weighted by Crippen LogP contribution is -2.35. The van der Waals surface area contributed by atoms with Crippen LogP contribution in [0.15, 0.2) is 0 Å². The van der Waals surface area contributed by atoms with E-state index in [1.807, 2.05) is 0 Å². The maximum absolute atomic E-state index is 5.86.